The van der Waals surface area contributed by atoms with E-state index in [0.717, 1.165) is 18.7 Å². The van der Waals surface area contributed by atoms with Crippen LogP contribution in [0.3, 0.4) is 0 Å². The number of nitrogens with one attached hydrogen (secondary N) is 2. The Hall–Kier alpha value is -1.92. The summed E-state index contributed by atoms with van der Waals surface area (Å²) < 4.78 is 13.3. The monoisotopic (exact) mass is 321 g/mol. The molecule has 0 saturated carbocycles. The maximum Gasteiger partial charge on any atom is 0.191 e. The van der Waals surface area contributed by atoms with E-state index in [2.05, 4.69) is 21.7 Å². The first kappa shape index (κ1) is 16.5. The lowest BCUT2D eigenvalue weighted by atomic mass is 10.1. The number of aliphatic hydroxyl groups is 1. The molecular weight excluding hydrogens is 301 g/mol. The first-order valence-corrected chi connectivity index (χ1v) is 8.03. The van der Waals surface area contributed by atoms with Crippen LogP contribution in [0.5, 0.6) is 0 Å². The summed E-state index contributed by atoms with van der Waals surface area (Å²) in [5.41, 5.74) is 1.16. The number of benzene rings is 1. The summed E-state index contributed by atoms with van der Waals surface area (Å²) in [5, 5.41) is 17.6. The Bertz CT molecular complexity index is 614. The van der Waals surface area contributed by atoms with Crippen molar-refractivity contribution in [2.45, 2.75) is 26.6 Å². The molecule has 0 aliphatic carbocycles. The molecule has 6 heteroatoms. The minimum absolute atomic E-state index is 0.296. The van der Waals surface area contributed by atoms with Crippen LogP contribution in [-0.2, 0) is 19.7 Å². The predicted molar refractivity (Wildman–Crippen MR) is 88.3 cm³/mol. The summed E-state index contributed by atoms with van der Waals surface area (Å²) in [7, 11) is 0. The highest BCUT2D eigenvalue weighted by atomic mass is 32.1. The van der Waals surface area contributed by atoms with Crippen molar-refractivity contribution < 1.29 is 9.50 Å². The Kier molecular flexibility index (Phi) is 6.36. The standard InChI is InChI=1S/C16H20FN3OS/c1-2-18-16(20-10-14-4-3-7-22-14)19-9-12-5-6-15(17)13(8-12)11-21/h3-8,21H,2,9-11H2,1H3,(H2,18,19,20). The van der Waals surface area contributed by atoms with Crippen LogP contribution in [-0.4, -0.2) is 17.6 Å². The van der Waals surface area contributed by atoms with Gasteiger partial charge in [0.05, 0.1) is 19.7 Å². The Labute approximate surface area is 133 Å². The molecule has 0 atom stereocenters. The molecule has 0 amide bonds. The average molecular weight is 321 g/mol. The molecule has 4 nitrogen and oxygen atoms in total. The van der Waals surface area contributed by atoms with E-state index < -0.39 is 5.82 Å². The van der Waals surface area contributed by atoms with E-state index in [0.29, 0.717) is 18.1 Å². The molecule has 2 aromatic rings. The summed E-state index contributed by atoms with van der Waals surface area (Å²) >= 11 is 1.69. The van der Waals surface area contributed by atoms with Crippen molar-refractivity contribution in [3.8, 4) is 0 Å². The fourth-order valence-electron chi connectivity index (χ4n) is 1.94. The number of hydrogen-bond acceptors (Lipinski definition) is 3. The van der Waals surface area contributed by atoms with Gasteiger partial charge >= 0.3 is 0 Å². The summed E-state index contributed by atoms with van der Waals surface area (Å²) in [6.45, 7) is 3.60. The molecule has 118 valence electrons. The topological polar surface area (TPSA) is 56.7 Å². The largest absolute Gasteiger partial charge is 0.392 e. The molecule has 0 bridgehead atoms. The van der Waals surface area contributed by atoms with Gasteiger partial charge in [0.15, 0.2) is 5.96 Å². The first-order valence-electron chi connectivity index (χ1n) is 7.15. The fourth-order valence-corrected chi connectivity index (χ4v) is 2.59. The lowest BCUT2D eigenvalue weighted by Gasteiger charge is -2.10. The molecule has 0 aliphatic rings. The maximum atomic E-state index is 13.3. The zero-order valence-corrected chi connectivity index (χ0v) is 13.3. The highest BCUT2D eigenvalue weighted by molar-refractivity contribution is 7.09. The second-order valence-electron chi connectivity index (χ2n) is 4.71. The zero-order chi connectivity index (χ0) is 15.8. The smallest absolute Gasteiger partial charge is 0.191 e. The summed E-state index contributed by atoms with van der Waals surface area (Å²) in [6, 6.07) is 8.76. The Morgan fingerprint density at radius 1 is 1.32 bits per heavy atom. The van der Waals surface area contributed by atoms with E-state index in [1.54, 1.807) is 23.5 Å². The first-order chi connectivity index (χ1) is 10.7. The van der Waals surface area contributed by atoms with Gasteiger partial charge in [0.2, 0.25) is 0 Å². The molecule has 1 aromatic heterocycles. The van der Waals surface area contributed by atoms with Crippen molar-refractivity contribution in [3.63, 3.8) is 0 Å². The second-order valence-corrected chi connectivity index (χ2v) is 5.74. The summed E-state index contributed by atoms with van der Waals surface area (Å²) in [5.74, 6) is 0.323. The van der Waals surface area contributed by atoms with E-state index in [1.165, 1.54) is 10.9 Å². The van der Waals surface area contributed by atoms with Gasteiger partial charge in [0, 0.05) is 17.0 Å². The summed E-state index contributed by atoms with van der Waals surface area (Å²) in [4.78, 5) is 5.71. The molecule has 0 spiro atoms. The van der Waals surface area contributed by atoms with E-state index in [9.17, 15) is 4.39 Å². The number of aliphatic hydroxyl groups excluding tert-OH is 1. The second kappa shape index (κ2) is 8.51. The van der Waals surface area contributed by atoms with Crippen molar-refractivity contribution in [2.75, 3.05) is 6.54 Å². The SMILES string of the molecule is CCNC(=NCc1ccc(F)c(CO)c1)NCc1cccs1. The number of aliphatic imine (C=N–C) groups is 1. The third kappa shape index (κ3) is 4.82. The molecule has 1 heterocycles. The van der Waals surface area contributed by atoms with Crippen molar-refractivity contribution in [1.29, 1.82) is 0 Å². The number of guanidine groups is 1. The molecule has 1 aromatic carbocycles. The zero-order valence-electron chi connectivity index (χ0n) is 12.5. The molecule has 2 rings (SSSR count). The number of halogens is 1. The van der Waals surface area contributed by atoms with Crippen molar-refractivity contribution in [1.82, 2.24) is 10.6 Å². The van der Waals surface area contributed by atoms with Gasteiger partial charge in [-0.25, -0.2) is 9.38 Å². The number of hydrogen-bond donors (Lipinski definition) is 3. The van der Waals surface area contributed by atoms with Gasteiger partial charge in [-0.3, -0.25) is 0 Å². The normalized spacial score (nSPS) is 11.5. The molecule has 0 unspecified atom stereocenters. The van der Waals surface area contributed by atoms with Gasteiger partial charge in [-0.15, -0.1) is 11.3 Å². The molecular formula is C16H20FN3OS. The molecule has 3 N–H and O–H groups in total. The van der Waals surface area contributed by atoms with Gasteiger partial charge in [-0.2, -0.15) is 0 Å². The van der Waals surface area contributed by atoms with Crippen LogP contribution < -0.4 is 10.6 Å². The van der Waals surface area contributed by atoms with Crippen LogP contribution in [0.25, 0.3) is 0 Å². The molecule has 0 radical (unpaired) electrons. The minimum Gasteiger partial charge on any atom is -0.392 e. The molecule has 0 saturated heterocycles. The van der Waals surface area contributed by atoms with Crippen molar-refractivity contribution in [2.24, 2.45) is 4.99 Å². The minimum atomic E-state index is -0.391. The van der Waals surface area contributed by atoms with E-state index in [4.69, 9.17) is 5.11 Å². The van der Waals surface area contributed by atoms with Crippen molar-refractivity contribution in [3.05, 3.63) is 57.5 Å². The van der Waals surface area contributed by atoms with Crippen LogP contribution >= 0.6 is 11.3 Å². The van der Waals surface area contributed by atoms with E-state index in [1.807, 2.05) is 18.4 Å². The highest BCUT2D eigenvalue weighted by Crippen LogP contribution is 2.11. The van der Waals surface area contributed by atoms with Gasteiger partial charge < -0.3 is 15.7 Å². The Morgan fingerprint density at radius 2 is 2.18 bits per heavy atom. The van der Waals surface area contributed by atoms with Crippen LogP contribution in [0, 0.1) is 5.82 Å². The lowest BCUT2D eigenvalue weighted by Crippen LogP contribution is -2.36. The molecule has 22 heavy (non-hydrogen) atoms. The van der Waals surface area contributed by atoms with Gasteiger partial charge in [-0.1, -0.05) is 12.1 Å². The molecule has 0 fully saturated rings. The van der Waals surface area contributed by atoms with E-state index >= 15 is 0 Å². The Balaban J connectivity index is 1.99. The number of thiophene rings is 1. The van der Waals surface area contributed by atoms with Gasteiger partial charge in [0.1, 0.15) is 5.82 Å². The van der Waals surface area contributed by atoms with Crippen LogP contribution in [0.2, 0.25) is 0 Å². The van der Waals surface area contributed by atoms with Crippen molar-refractivity contribution >= 4 is 17.3 Å². The predicted octanol–water partition coefficient (Wildman–Crippen LogP) is 2.63. The Morgan fingerprint density at radius 3 is 2.86 bits per heavy atom. The van der Waals surface area contributed by atoms with Gasteiger partial charge in [-0.05, 0) is 36.1 Å². The third-order valence-electron chi connectivity index (χ3n) is 3.05. The number of nitrogens with zero attached hydrogens (tertiary/aromatic N) is 1. The van der Waals surface area contributed by atoms with Crippen LogP contribution in [0.1, 0.15) is 22.9 Å². The summed E-state index contributed by atoms with van der Waals surface area (Å²) in [6.07, 6.45) is 0. The molecule has 0 aliphatic heterocycles. The van der Waals surface area contributed by atoms with Crippen LogP contribution in [0.15, 0.2) is 40.7 Å². The number of rotatable bonds is 6. The van der Waals surface area contributed by atoms with E-state index in [-0.39, 0.29) is 6.61 Å². The third-order valence-corrected chi connectivity index (χ3v) is 3.93. The quantitative estimate of drug-likeness (QED) is 0.566. The van der Waals surface area contributed by atoms with Crippen LogP contribution in [0.4, 0.5) is 4.39 Å². The lowest BCUT2D eigenvalue weighted by molar-refractivity contribution is 0.275. The highest BCUT2D eigenvalue weighted by Gasteiger charge is 2.03. The fraction of sp³-hybridized carbons (Fsp3) is 0.312. The average Bonchev–Trinajstić information content (AvgIpc) is 3.04. The van der Waals surface area contributed by atoms with Gasteiger partial charge in [0.25, 0.3) is 0 Å². The maximum absolute atomic E-state index is 13.3.